The summed E-state index contributed by atoms with van der Waals surface area (Å²) in [6.45, 7) is 3.70. The van der Waals surface area contributed by atoms with Crippen LogP contribution in [0.2, 0.25) is 0 Å². The lowest BCUT2D eigenvalue weighted by Crippen LogP contribution is -2.48. The summed E-state index contributed by atoms with van der Waals surface area (Å²) in [6, 6.07) is 11.4. The molecule has 0 bridgehead atoms. The van der Waals surface area contributed by atoms with E-state index in [1.165, 1.54) is 24.6 Å². The largest absolute Gasteiger partial charge is 0.495 e. The lowest BCUT2D eigenvalue weighted by atomic mass is 10.2. The van der Waals surface area contributed by atoms with Crippen molar-refractivity contribution in [3.05, 3.63) is 48.0 Å². The van der Waals surface area contributed by atoms with Crippen LogP contribution in [0.15, 0.2) is 52.3 Å². The highest BCUT2D eigenvalue weighted by Crippen LogP contribution is 2.32. The molecule has 176 valence electrons. The summed E-state index contributed by atoms with van der Waals surface area (Å²) in [5, 5.41) is 0. The van der Waals surface area contributed by atoms with E-state index in [0.717, 1.165) is 5.56 Å². The van der Waals surface area contributed by atoms with Crippen molar-refractivity contribution >= 4 is 25.7 Å². The van der Waals surface area contributed by atoms with Gasteiger partial charge in [0.15, 0.2) is 0 Å². The lowest BCUT2D eigenvalue weighted by molar-refractivity contribution is 0.204. The molecule has 1 fully saturated rings. The van der Waals surface area contributed by atoms with Gasteiger partial charge in [0.2, 0.25) is 20.0 Å². The Balaban J connectivity index is 1.77. The summed E-state index contributed by atoms with van der Waals surface area (Å²) in [4.78, 5) is 2.32. The Hall–Kier alpha value is -2.18. The second-order valence-electron chi connectivity index (χ2n) is 7.43. The van der Waals surface area contributed by atoms with E-state index in [9.17, 15) is 16.8 Å². The van der Waals surface area contributed by atoms with Gasteiger partial charge in [0, 0.05) is 39.8 Å². The van der Waals surface area contributed by atoms with Gasteiger partial charge in [0.25, 0.3) is 0 Å². The van der Waals surface area contributed by atoms with E-state index in [4.69, 9.17) is 9.47 Å². The van der Waals surface area contributed by atoms with Gasteiger partial charge in [-0.1, -0.05) is 17.7 Å². The Labute approximate surface area is 190 Å². The number of methoxy groups -OCH3 is 2. The molecule has 0 saturated carbocycles. The smallest absolute Gasteiger partial charge is 0.243 e. The number of rotatable bonds is 9. The number of hydrogen-bond donors (Lipinski definition) is 1. The maximum atomic E-state index is 13.0. The number of benzene rings is 2. The highest BCUT2D eigenvalue weighted by Gasteiger charge is 2.30. The van der Waals surface area contributed by atoms with Crippen molar-refractivity contribution in [2.24, 2.45) is 0 Å². The highest BCUT2D eigenvalue weighted by atomic mass is 32.2. The Morgan fingerprint density at radius 2 is 1.53 bits per heavy atom. The first kappa shape index (κ1) is 24.5. The van der Waals surface area contributed by atoms with E-state index in [1.54, 1.807) is 36.4 Å². The molecule has 1 aliphatic heterocycles. The molecular weight excluding hydrogens is 454 g/mol. The lowest BCUT2D eigenvalue weighted by Gasteiger charge is -2.36. The highest BCUT2D eigenvalue weighted by molar-refractivity contribution is 7.89. The Morgan fingerprint density at radius 3 is 2.12 bits per heavy atom. The molecule has 2 aromatic rings. The van der Waals surface area contributed by atoms with Crippen molar-refractivity contribution in [3.63, 3.8) is 0 Å². The fourth-order valence-electron chi connectivity index (χ4n) is 3.47. The monoisotopic (exact) mass is 483 g/mol. The Morgan fingerprint density at radius 1 is 0.906 bits per heavy atom. The molecule has 32 heavy (non-hydrogen) atoms. The molecule has 9 nitrogen and oxygen atoms in total. The summed E-state index contributed by atoms with van der Waals surface area (Å²) in [6.07, 6.45) is 0. The van der Waals surface area contributed by atoms with Gasteiger partial charge < -0.3 is 14.4 Å². The summed E-state index contributed by atoms with van der Waals surface area (Å²) in [7, 11) is -4.28. The van der Waals surface area contributed by atoms with Crippen molar-refractivity contribution < 1.29 is 26.3 Å². The summed E-state index contributed by atoms with van der Waals surface area (Å²) in [5.74, 6) is 0.524. The molecule has 0 spiro atoms. The molecule has 0 atom stereocenters. The summed E-state index contributed by atoms with van der Waals surface area (Å²) < 4.78 is 65.4. The molecule has 0 amide bonds. The van der Waals surface area contributed by atoms with Crippen molar-refractivity contribution in [1.29, 1.82) is 0 Å². The minimum atomic E-state index is -3.71. The minimum absolute atomic E-state index is 0.110. The van der Waals surface area contributed by atoms with Crippen molar-refractivity contribution in [1.82, 2.24) is 9.03 Å². The number of anilines is 1. The number of nitrogens with one attached hydrogen (secondary N) is 1. The van der Waals surface area contributed by atoms with Crippen molar-refractivity contribution in [3.8, 4) is 5.75 Å². The average molecular weight is 484 g/mol. The molecule has 2 aromatic carbocycles. The van der Waals surface area contributed by atoms with Gasteiger partial charge in [-0.2, -0.15) is 4.31 Å². The number of piperazine rings is 1. The van der Waals surface area contributed by atoms with Crippen molar-refractivity contribution in [2.75, 3.05) is 58.5 Å². The van der Waals surface area contributed by atoms with Crippen LogP contribution >= 0.6 is 0 Å². The van der Waals surface area contributed by atoms with E-state index in [-0.39, 0.29) is 36.0 Å². The van der Waals surface area contributed by atoms with E-state index in [0.29, 0.717) is 24.5 Å². The molecule has 1 heterocycles. The van der Waals surface area contributed by atoms with Crippen LogP contribution < -0.4 is 14.4 Å². The first-order valence-electron chi connectivity index (χ1n) is 10.2. The molecular formula is C21H29N3O6S2. The van der Waals surface area contributed by atoms with E-state index in [2.05, 4.69) is 4.72 Å². The standard InChI is InChI=1S/C21H29N3O6S2/c1-17-4-6-18(7-5-17)32(27,28)24-13-11-23(12-14-24)20-16-19(8-9-21(20)30-3)31(25,26)22-10-15-29-2/h4-9,16,22H,10-15H2,1-3H3. The summed E-state index contributed by atoms with van der Waals surface area (Å²) >= 11 is 0. The molecule has 0 unspecified atom stereocenters. The maximum absolute atomic E-state index is 13.0. The summed E-state index contributed by atoms with van der Waals surface area (Å²) in [5.41, 5.74) is 1.60. The minimum Gasteiger partial charge on any atom is -0.495 e. The predicted molar refractivity (Wildman–Crippen MR) is 122 cm³/mol. The number of hydrogen-bond acceptors (Lipinski definition) is 7. The third-order valence-corrected chi connectivity index (χ3v) is 8.67. The van der Waals surface area contributed by atoms with Crippen LogP contribution in [0.25, 0.3) is 0 Å². The first-order chi connectivity index (χ1) is 15.2. The molecule has 1 saturated heterocycles. The van der Waals surface area contributed by atoms with Gasteiger partial charge in [-0.15, -0.1) is 0 Å². The average Bonchev–Trinajstić information content (AvgIpc) is 2.79. The fraction of sp³-hybridized carbons (Fsp3) is 0.429. The molecule has 0 aromatic heterocycles. The van der Waals surface area contributed by atoms with Crippen LogP contribution in [0, 0.1) is 6.92 Å². The first-order valence-corrected chi connectivity index (χ1v) is 13.1. The number of nitrogens with zero attached hydrogens (tertiary/aromatic N) is 2. The number of ether oxygens (including phenoxy) is 2. The van der Waals surface area contributed by atoms with Gasteiger partial charge in [-0.3, -0.25) is 0 Å². The Bertz CT molecular complexity index is 1130. The van der Waals surface area contributed by atoms with Gasteiger partial charge in [0.1, 0.15) is 5.75 Å². The third-order valence-electron chi connectivity index (χ3n) is 5.30. The molecule has 11 heteroatoms. The van der Waals surface area contributed by atoms with Gasteiger partial charge in [0.05, 0.1) is 29.2 Å². The Kier molecular flexibility index (Phi) is 7.78. The molecule has 0 radical (unpaired) electrons. The third kappa shape index (κ3) is 5.41. The van der Waals surface area contributed by atoms with E-state index in [1.807, 2.05) is 11.8 Å². The van der Waals surface area contributed by atoms with Crippen molar-refractivity contribution in [2.45, 2.75) is 16.7 Å². The normalized spacial score (nSPS) is 15.7. The van der Waals surface area contributed by atoms with Crippen LogP contribution in [-0.2, 0) is 24.8 Å². The second-order valence-corrected chi connectivity index (χ2v) is 11.1. The second kappa shape index (κ2) is 10.2. The molecule has 0 aliphatic carbocycles. The van der Waals surface area contributed by atoms with Gasteiger partial charge >= 0.3 is 0 Å². The van der Waals surface area contributed by atoms with E-state index < -0.39 is 20.0 Å². The van der Waals surface area contributed by atoms with Crippen LogP contribution in [-0.4, -0.2) is 74.7 Å². The van der Waals surface area contributed by atoms with E-state index >= 15 is 0 Å². The zero-order valence-electron chi connectivity index (χ0n) is 18.4. The SMILES string of the molecule is COCCNS(=O)(=O)c1ccc(OC)c(N2CCN(S(=O)(=O)c3ccc(C)cc3)CC2)c1. The maximum Gasteiger partial charge on any atom is 0.243 e. The van der Waals surface area contributed by atoms with Crippen LogP contribution in [0.1, 0.15) is 5.56 Å². The molecule has 1 aliphatic rings. The quantitative estimate of drug-likeness (QED) is 0.538. The van der Waals surface area contributed by atoms with Crippen LogP contribution in [0.4, 0.5) is 5.69 Å². The molecule has 3 rings (SSSR count). The zero-order valence-corrected chi connectivity index (χ0v) is 20.1. The van der Waals surface area contributed by atoms with Gasteiger partial charge in [-0.25, -0.2) is 21.6 Å². The van der Waals surface area contributed by atoms with Crippen LogP contribution in [0.5, 0.6) is 5.75 Å². The number of sulfonamides is 2. The van der Waals surface area contributed by atoms with Crippen LogP contribution in [0.3, 0.4) is 0 Å². The number of aryl methyl sites for hydroxylation is 1. The zero-order chi connectivity index (χ0) is 23.4. The topological polar surface area (TPSA) is 105 Å². The predicted octanol–water partition coefficient (Wildman–Crippen LogP) is 1.44. The molecule has 1 N–H and O–H groups in total. The fourth-order valence-corrected chi connectivity index (χ4v) is 5.93. The van der Waals surface area contributed by atoms with Gasteiger partial charge in [-0.05, 0) is 37.3 Å².